The molecule has 4 heterocycles. The highest BCUT2D eigenvalue weighted by Crippen LogP contribution is 2.35. The number of nitrogens with two attached hydrogens (primary N) is 1. The van der Waals surface area contributed by atoms with Gasteiger partial charge in [-0.2, -0.15) is 0 Å². The monoisotopic (exact) mass is 956 g/mol. The van der Waals surface area contributed by atoms with E-state index in [0.717, 1.165) is 44.9 Å². The van der Waals surface area contributed by atoms with Crippen molar-refractivity contribution in [3.63, 3.8) is 0 Å². The van der Waals surface area contributed by atoms with Crippen LogP contribution in [0.4, 0.5) is 29.7 Å². The molecule has 2 saturated heterocycles. The summed E-state index contributed by atoms with van der Waals surface area (Å²) in [6.07, 6.45) is -0.447. The highest BCUT2D eigenvalue weighted by atomic mass is 19.1. The second kappa shape index (κ2) is 21.1. The summed E-state index contributed by atoms with van der Waals surface area (Å²) in [5.41, 5.74) is 11.0. The van der Waals surface area contributed by atoms with E-state index in [1.54, 1.807) is 71.9 Å². The van der Waals surface area contributed by atoms with E-state index in [-0.39, 0.29) is 52.5 Å². The molecule has 17 heteroatoms. The number of anilines is 2. The zero-order valence-electron chi connectivity index (χ0n) is 44.6. The summed E-state index contributed by atoms with van der Waals surface area (Å²) in [4.78, 5) is 60.2. The molecule has 4 aromatic rings. The Bertz CT molecular complexity index is 2590. The third-order valence-electron chi connectivity index (χ3n) is 11.6. The number of carbonyl (C=O) groups is 4. The van der Waals surface area contributed by atoms with Gasteiger partial charge < -0.3 is 45.6 Å². The normalized spacial score (nSPS) is 19.5. The molecular weight excluding hydrogens is 879 g/mol. The summed E-state index contributed by atoms with van der Waals surface area (Å²) in [6.45, 7) is 11.6. The molecule has 8 rings (SSSR count). The summed E-state index contributed by atoms with van der Waals surface area (Å²) >= 11 is 0. The van der Waals surface area contributed by atoms with Gasteiger partial charge in [-0.05, 0) is 138 Å². The standard InChI is InChI=1S/C25H28FN3O4.C14H11FN2.C11H19NO5.CH4.4H2/c1-24(2,3)33-23(32)29-11-10-25(14-29,15-30)22(31)28-19-9-6-17-13-27-21(20(17)12-19)16-4-7-18(26)8-5-16;15-11-4-1-9(2-5-11)14-13-7-12(16)6-3-10(13)8-17-14;1-10(2,3)17-9(16)12-5-4-11(6-12,7-13)8(14)15;;;;;/h4-9,12,30H,10-11,13-15H2,1-3H3,(H,28,31);1-7H,8,16H2;13H,4-7H2,1-3H3,(H,14,15);1H4;4*1H/i;;;;3*1+1D;1+1. The van der Waals surface area contributed by atoms with Gasteiger partial charge >= 0.3 is 18.2 Å². The molecule has 0 bridgehead atoms. The number of nitrogens with zero attached hydrogens (tertiary/aromatic N) is 4. The topological polar surface area (TPSA) is 217 Å². The van der Waals surface area contributed by atoms with E-state index in [0.29, 0.717) is 38.3 Å². The summed E-state index contributed by atoms with van der Waals surface area (Å²) in [7, 11) is 0. The van der Waals surface area contributed by atoms with Crippen LogP contribution in [0.15, 0.2) is 94.9 Å². The van der Waals surface area contributed by atoms with E-state index in [1.165, 1.54) is 39.6 Å². The zero-order chi connectivity index (χ0) is 54.9. The Hall–Kier alpha value is -6.72. The first-order valence-corrected chi connectivity index (χ1v) is 21.9. The van der Waals surface area contributed by atoms with E-state index in [4.69, 9.17) is 34.3 Å². The number of fused-ring (bicyclic) bond motifs is 2. The molecule has 372 valence electrons. The SMILES string of the molecule is C.CC(C)(C)OC(=O)N1CCC(CO)(C(=O)Nc2ccc3c(c2)C(c2ccc(F)cc2)=NC3)C1.CC(C)(C)OC(=O)N1CCC(CO)(C(=O)O)C1.Nc1ccc2c(c1)C(c1ccc(F)cc1)=NC2.[2HH].[2H][2H].[2H][2H].[2H][2H]. The molecule has 2 fully saturated rings. The van der Waals surface area contributed by atoms with Crippen molar-refractivity contribution >= 4 is 46.9 Å². The van der Waals surface area contributed by atoms with Crippen LogP contribution in [0.3, 0.4) is 0 Å². The molecule has 15 nitrogen and oxygen atoms in total. The Morgan fingerprint density at radius 3 is 1.56 bits per heavy atom. The van der Waals surface area contributed by atoms with Crippen molar-refractivity contribution in [3.8, 4) is 0 Å². The number of carboxylic acid groups (broad SMARTS) is 1. The second-order valence-corrected chi connectivity index (χ2v) is 19.1. The zero-order valence-corrected chi connectivity index (χ0v) is 38.6. The first-order chi connectivity index (χ1) is 34.5. The average molecular weight is 956 g/mol. The van der Waals surface area contributed by atoms with Crippen molar-refractivity contribution in [2.75, 3.05) is 50.4 Å². The van der Waals surface area contributed by atoms with Gasteiger partial charge in [0.05, 0.1) is 43.1 Å². The molecule has 3 amide bonds. The number of aliphatic hydroxyl groups excluding tert-OH is 2. The molecular formula is C51H70F2N6O9. The van der Waals surface area contributed by atoms with Crippen LogP contribution in [0.1, 0.15) is 106 Å². The lowest BCUT2D eigenvalue weighted by Gasteiger charge is -2.27. The fraction of sp³-hybridized carbons (Fsp3) is 0.412. The highest BCUT2D eigenvalue weighted by molar-refractivity contribution is 6.16. The summed E-state index contributed by atoms with van der Waals surface area (Å²) in [5, 5.41) is 31.2. The number of benzene rings is 4. The highest BCUT2D eigenvalue weighted by Gasteiger charge is 2.48. The van der Waals surface area contributed by atoms with E-state index < -0.39 is 46.8 Å². The maximum Gasteiger partial charge on any atom is 0.410 e. The molecule has 2 atom stereocenters. The lowest BCUT2D eigenvalue weighted by Crippen LogP contribution is -2.43. The molecule has 4 aliphatic heterocycles. The van der Waals surface area contributed by atoms with E-state index in [1.807, 2.05) is 30.3 Å². The molecule has 0 saturated carbocycles. The van der Waals surface area contributed by atoms with Gasteiger partial charge in [0.1, 0.15) is 28.3 Å². The number of ether oxygens (including phenoxy) is 2. The number of hydrogen-bond acceptors (Lipinski definition) is 11. The maximum atomic E-state index is 13.3. The van der Waals surface area contributed by atoms with Gasteiger partial charge in [0, 0.05) is 70.1 Å². The van der Waals surface area contributed by atoms with Crippen molar-refractivity contribution < 1.29 is 63.1 Å². The number of amides is 3. The molecule has 0 aromatic heterocycles. The van der Waals surface area contributed by atoms with Crippen LogP contribution in [0.25, 0.3) is 0 Å². The van der Waals surface area contributed by atoms with Crippen LogP contribution in [-0.4, -0.2) is 111 Å². The van der Waals surface area contributed by atoms with E-state index in [2.05, 4.69) is 15.3 Å². The Labute approximate surface area is 406 Å². The molecule has 0 radical (unpaired) electrons. The predicted octanol–water partition coefficient (Wildman–Crippen LogP) is 8.80. The predicted molar refractivity (Wildman–Crippen MR) is 264 cm³/mol. The number of aliphatic hydroxyl groups is 2. The minimum absolute atomic E-state index is 0. The third-order valence-corrected chi connectivity index (χ3v) is 11.6. The van der Waals surface area contributed by atoms with Gasteiger partial charge in [0.25, 0.3) is 0 Å². The van der Waals surface area contributed by atoms with Crippen LogP contribution >= 0.6 is 0 Å². The van der Waals surface area contributed by atoms with Gasteiger partial charge in [-0.3, -0.25) is 19.6 Å². The second-order valence-electron chi connectivity index (χ2n) is 19.1. The summed E-state index contributed by atoms with van der Waals surface area (Å²) in [6, 6.07) is 23.8. The van der Waals surface area contributed by atoms with Crippen LogP contribution < -0.4 is 11.1 Å². The molecule has 0 spiro atoms. The number of likely N-dealkylation sites (tertiary alicyclic amines) is 2. The Kier molecular flexibility index (Phi) is 14.8. The summed E-state index contributed by atoms with van der Waals surface area (Å²) in [5.74, 6) is -1.98. The Morgan fingerprint density at radius 1 is 0.706 bits per heavy atom. The number of carboxylic acids is 1. The Morgan fingerprint density at radius 2 is 1.13 bits per heavy atom. The number of aliphatic imine (C=N–C) groups is 2. The van der Waals surface area contributed by atoms with Gasteiger partial charge in [0.15, 0.2) is 0 Å². The largest absolute Gasteiger partial charge is 0.481 e. The number of rotatable bonds is 7. The van der Waals surface area contributed by atoms with Crippen LogP contribution in [0.5, 0.6) is 0 Å². The molecule has 6 N–H and O–H groups in total. The summed E-state index contributed by atoms with van der Waals surface area (Å²) < 4.78 is 66.7. The third kappa shape index (κ3) is 12.4. The van der Waals surface area contributed by atoms with E-state index >= 15 is 0 Å². The molecule has 4 aromatic carbocycles. The number of hydrogen-bond donors (Lipinski definition) is 5. The lowest BCUT2D eigenvalue weighted by atomic mass is 9.87. The molecule has 0 aliphatic carbocycles. The van der Waals surface area contributed by atoms with Crippen LogP contribution in [-0.2, 0) is 32.2 Å². The van der Waals surface area contributed by atoms with Crippen molar-refractivity contribution in [2.45, 2.75) is 86.1 Å². The number of carbonyl (C=O) groups excluding carboxylic acids is 3. The number of nitrogens with one attached hydrogen (secondary N) is 1. The van der Waals surface area contributed by atoms with Gasteiger partial charge in [-0.25, -0.2) is 18.4 Å². The van der Waals surface area contributed by atoms with Gasteiger partial charge in [-0.1, -0.05) is 19.6 Å². The fourth-order valence-electron chi connectivity index (χ4n) is 7.90. The quantitative estimate of drug-likeness (QED) is 0.111. The van der Waals surface area contributed by atoms with Crippen LogP contribution in [0, 0.1) is 22.5 Å². The van der Waals surface area contributed by atoms with Crippen molar-refractivity contribution in [2.24, 2.45) is 20.8 Å². The molecule has 68 heavy (non-hydrogen) atoms. The van der Waals surface area contributed by atoms with Crippen molar-refractivity contribution in [1.29, 1.82) is 0 Å². The van der Waals surface area contributed by atoms with Crippen LogP contribution in [0.2, 0.25) is 0 Å². The van der Waals surface area contributed by atoms with E-state index in [9.17, 15) is 33.1 Å². The average Bonchev–Trinajstić information content (AvgIpc) is 4.19. The molecule has 4 aliphatic rings. The fourth-order valence-corrected chi connectivity index (χ4v) is 7.90. The molecule has 2 unspecified atom stereocenters. The number of nitrogen functional groups attached to an aromatic ring is 1. The number of aliphatic carboxylic acids is 1. The van der Waals surface area contributed by atoms with Gasteiger partial charge in [-0.15, -0.1) is 0 Å². The smallest absolute Gasteiger partial charge is 0.410 e. The minimum Gasteiger partial charge on any atom is -0.481 e. The van der Waals surface area contributed by atoms with Crippen molar-refractivity contribution in [3.05, 3.63) is 130 Å². The Balaban J connectivity index is 0.000000570. The lowest BCUT2D eigenvalue weighted by molar-refractivity contribution is -0.150. The number of halogens is 2. The first-order valence-electron chi connectivity index (χ1n) is 24.9. The maximum absolute atomic E-state index is 13.3. The van der Waals surface area contributed by atoms with Gasteiger partial charge in [0.2, 0.25) is 5.91 Å². The van der Waals surface area contributed by atoms with Crippen molar-refractivity contribution in [1.82, 2.24) is 9.80 Å². The first kappa shape index (κ1) is 47.8. The minimum atomic E-state index is -1.24.